The van der Waals surface area contributed by atoms with Crippen LogP contribution in [-0.4, -0.2) is 165 Å². The summed E-state index contributed by atoms with van der Waals surface area (Å²) in [6.45, 7) is 17.7. The summed E-state index contributed by atoms with van der Waals surface area (Å²) in [6, 6.07) is 7.70. The normalized spacial score (nSPS) is 16.0. The summed E-state index contributed by atoms with van der Waals surface area (Å²) in [7, 11) is 5.54. The average Bonchev–Trinajstić information content (AvgIpc) is 4.07. The van der Waals surface area contributed by atoms with Crippen LogP contribution >= 0.6 is 0 Å². The number of aromatic amines is 2. The number of nitrogens with zero attached hydrogens (tertiary/aromatic N) is 2. The lowest BCUT2D eigenvalue weighted by Crippen LogP contribution is -2.42. The maximum Gasteiger partial charge on any atom is 0.334 e. The highest BCUT2D eigenvalue weighted by molar-refractivity contribution is 6.02. The first-order chi connectivity index (χ1) is 36.3. The van der Waals surface area contributed by atoms with Crippen LogP contribution in [0.2, 0.25) is 0 Å². The van der Waals surface area contributed by atoms with Gasteiger partial charge in [-0.1, -0.05) is 24.8 Å². The minimum absolute atomic E-state index is 0.0761. The Morgan fingerprint density at radius 3 is 1.72 bits per heavy atom. The molecule has 0 aromatic carbocycles. The van der Waals surface area contributed by atoms with Crippen molar-refractivity contribution >= 4 is 68.7 Å². The molecule has 2 N–H and O–H groups in total. The van der Waals surface area contributed by atoms with E-state index in [1.165, 1.54) is 21.3 Å². The molecule has 1 aliphatic carbocycles. The molecular weight excluding hydrogens is 969 g/mol. The summed E-state index contributed by atoms with van der Waals surface area (Å²) >= 11 is 0. The van der Waals surface area contributed by atoms with Crippen LogP contribution in [0.5, 0.6) is 0 Å². The first-order valence-electron chi connectivity index (χ1n) is 25.1. The lowest BCUT2D eigenvalue weighted by Gasteiger charge is -2.36. The first-order valence-corrected chi connectivity index (χ1v) is 25.1. The van der Waals surface area contributed by atoms with E-state index in [2.05, 4.69) is 16.5 Å². The zero-order valence-electron chi connectivity index (χ0n) is 44.6. The predicted octanol–water partition coefficient (Wildman–Crippen LogP) is 6.92. The number of hydrogen-bond acceptors (Lipinski definition) is 17. The van der Waals surface area contributed by atoms with Crippen molar-refractivity contribution in [3.05, 3.63) is 93.6 Å². The van der Waals surface area contributed by atoms with Gasteiger partial charge in [-0.05, 0) is 98.2 Å². The zero-order valence-corrected chi connectivity index (χ0v) is 44.6. The third kappa shape index (κ3) is 14.5. The molecule has 6 rings (SSSR count). The summed E-state index contributed by atoms with van der Waals surface area (Å²) < 4.78 is 59.1. The molecule has 0 saturated heterocycles. The topological polar surface area (TPSA) is 227 Å². The molecule has 0 unspecified atom stereocenters. The van der Waals surface area contributed by atoms with Gasteiger partial charge in [0.1, 0.15) is 12.5 Å². The number of nitrogens with one attached hydrogen (secondary N) is 2. The molecule has 19 heteroatoms. The van der Waals surface area contributed by atoms with E-state index in [4.69, 9.17) is 62.1 Å². The number of H-pyrrole nitrogens is 2. The molecular formula is C56H72N4O15. The molecule has 3 aliphatic rings. The maximum absolute atomic E-state index is 13.9. The van der Waals surface area contributed by atoms with Crippen LogP contribution in [-0.2, 0) is 83.1 Å². The second kappa shape index (κ2) is 28.5. The van der Waals surface area contributed by atoms with Gasteiger partial charge in [0.15, 0.2) is 0 Å². The third-order valence-electron chi connectivity index (χ3n) is 13.5. The molecule has 3 aromatic rings. The summed E-state index contributed by atoms with van der Waals surface area (Å²) in [5.74, 6) is -3.17. The third-order valence-corrected chi connectivity index (χ3v) is 13.5. The van der Waals surface area contributed by atoms with Gasteiger partial charge in [0.25, 0.3) is 0 Å². The highest BCUT2D eigenvalue weighted by Crippen LogP contribution is 2.52. The molecule has 0 fully saturated rings. The number of hydrogen-bond donors (Lipinski definition) is 2. The van der Waals surface area contributed by atoms with Gasteiger partial charge < -0.3 is 62.1 Å². The Labute approximate surface area is 437 Å². The monoisotopic (exact) mass is 1040 g/mol. The minimum Gasteiger partial charge on any atom is -0.469 e. The maximum atomic E-state index is 13.9. The van der Waals surface area contributed by atoms with Gasteiger partial charge in [0.05, 0.1) is 141 Å². The molecule has 2 aliphatic heterocycles. The first kappa shape index (κ1) is 57.9. The number of rotatable bonds is 30. The second-order valence-corrected chi connectivity index (χ2v) is 18.0. The van der Waals surface area contributed by atoms with Crippen molar-refractivity contribution in [2.75, 3.05) is 121 Å². The smallest absolute Gasteiger partial charge is 0.334 e. The van der Waals surface area contributed by atoms with Crippen molar-refractivity contribution in [3.8, 4) is 0 Å². The van der Waals surface area contributed by atoms with Crippen LogP contribution in [0, 0.1) is 19.8 Å². The Morgan fingerprint density at radius 2 is 1.15 bits per heavy atom. The van der Waals surface area contributed by atoms with Gasteiger partial charge in [-0.2, -0.15) is 0 Å². The van der Waals surface area contributed by atoms with E-state index in [-0.39, 0.29) is 37.6 Å². The zero-order chi connectivity index (χ0) is 53.9. The number of fused-ring (bicyclic) bond motifs is 11. The number of allylic oxidation sites excluding steroid dienone is 5. The molecule has 406 valence electrons. The molecule has 0 radical (unpaired) electrons. The SMILES string of the molecule is C=Cc1c(C)c2cc3nc(cc4[nH]c(cc5nc(cc1[nH]2)C(C)=C5CCC(=O)OCCOCCOCCOCCOCCOCCOCCOC)c(CCC(=O)OC)c4C)[C@@]1(C)C3=CC=C(C(=O)OC)[C@H]1C(=O)OC. The highest BCUT2D eigenvalue weighted by Gasteiger charge is 2.53. The molecule has 8 bridgehead atoms. The van der Waals surface area contributed by atoms with Crippen LogP contribution < -0.4 is 0 Å². The van der Waals surface area contributed by atoms with Gasteiger partial charge >= 0.3 is 23.9 Å². The van der Waals surface area contributed by atoms with Crippen molar-refractivity contribution in [1.82, 2.24) is 19.9 Å². The summed E-state index contributed by atoms with van der Waals surface area (Å²) in [6.07, 6.45) is 6.01. The lowest BCUT2D eigenvalue weighted by molar-refractivity contribution is -0.149. The number of aryl methyl sites for hydroxylation is 3. The highest BCUT2D eigenvalue weighted by atomic mass is 16.6. The number of carbonyl (C=O) groups is 4. The number of methoxy groups -OCH3 is 4. The number of esters is 4. The fourth-order valence-electron chi connectivity index (χ4n) is 9.31. The van der Waals surface area contributed by atoms with E-state index >= 15 is 0 Å². The predicted molar refractivity (Wildman–Crippen MR) is 281 cm³/mol. The number of carbonyl (C=O) groups excluding carboxylic acids is 4. The van der Waals surface area contributed by atoms with Gasteiger partial charge in [-0.3, -0.25) is 19.4 Å². The quantitative estimate of drug-likeness (QED) is 0.0392. The van der Waals surface area contributed by atoms with Crippen LogP contribution in [0.25, 0.3) is 44.9 Å². The molecule has 75 heavy (non-hydrogen) atoms. The molecule has 2 atom stereocenters. The molecule has 0 spiro atoms. The van der Waals surface area contributed by atoms with E-state index in [0.717, 1.165) is 44.4 Å². The Morgan fingerprint density at radius 1 is 0.600 bits per heavy atom. The molecule has 0 amide bonds. The van der Waals surface area contributed by atoms with E-state index in [0.29, 0.717) is 132 Å². The molecule has 5 heterocycles. The second-order valence-electron chi connectivity index (χ2n) is 18.0. The van der Waals surface area contributed by atoms with E-state index in [1.807, 2.05) is 58.0 Å². The van der Waals surface area contributed by atoms with Crippen molar-refractivity contribution in [3.63, 3.8) is 0 Å². The molecule has 19 nitrogen and oxygen atoms in total. The Hall–Kier alpha value is -6.32. The summed E-state index contributed by atoms with van der Waals surface area (Å²) in [5, 5.41) is 0. The van der Waals surface area contributed by atoms with Gasteiger partial charge in [-0.15, -0.1) is 0 Å². The van der Waals surface area contributed by atoms with Crippen LogP contribution in [0.15, 0.2) is 48.6 Å². The lowest BCUT2D eigenvalue weighted by atomic mass is 9.64. The molecule has 0 saturated carbocycles. The van der Waals surface area contributed by atoms with Crippen molar-refractivity contribution < 1.29 is 71.3 Å². The van der Waals surface area contributed by atoms with E-state index in [1.54, 1.807) is 19.3 Å². The average molecular weight is 1040 g/mol. The molecule has 3 aromatic heterocycles. The van der Waals surface area contributed by atoms with Crippen LogP contribution in [0.3, 0.4) is 0 Å². The summed E-state index contributed by atoms with van der Waals surface area (Å²) in [4.78, 5) is 70.5. The fraction of sp³-hybridized carbons (Fsp3) is 0.500. The Kier molecular flexibility index (Phi) is 22.1. The number of aromatic nitrogens is 4. The van der Waals surface area contributed by atoms with E-state index < -0.39 is 29.2 Å². The summed E-state index contributed by atoms with van der Waals surface area (Å²) in [5.41, 5.74) is 9.98. The Balaban J connectivity index is 1.17. The number of ether oxygens (including phenoxy) is 11. The standard InChI is InChI=1S/C56H72N4O15/c1-10-38-35(2)44-32-49-42-14-11-41(54(63)67-8)53(55(64)68-9)56(42,5)50(60-49)34-45-37(4)39(12-15-51(61)66-7)48(59-45)33-47-40(36(3)43(58-47)31-46(38)57-44)13-16-52(62)75-30-29-74-28-27-73-26-25-72-24-23-71-22-21-70-20-19-69-18-17-65-6/h10-11,14,31-34,53,57,59H,1,12-13,15-30H2,2-9H3/t53-,56+/m0/s1. The largest absolute Gasteiger partial charge is 0.469 e. The van der Waals surface area contributed by atoms with Crippen LogP contribution in [0.4, 0.5) is 0 Å². The van der Waals surface area contributed by atoms with Crippen molar-refractivity contribution in [2.45, 2.75) is 58.8 Å². The Bertz CT molecular complexity index is 2790. The van der Waals surface area contributed by atoms with Crippen molar-refractivity contribution in [2.24, 2.45) is 5.92 Å². The fourth-order valence-corrected chi connectivity index (χ4v) is 9.31. The van der Waals surface area contributed by atoms with Gasteiger partial charge in [0.2, 0.25) is 0 Å². The van der Waals surface area contributed by atoms with Crippen molar-refractivity contribution in [1.29, 1.82) is 0 Å². The van der Waals surface area contributed by atoms with Gasteiger partial charge in [0, 0.05) is 47.6 Å². The van der Waals surface area contributed by atoms with Crippen LogP contribution in [0.1, 0.15) is 78.1 Å². The minimum atomic E-state index is -1.19. The van der Waals surface area contributed by atoms with Gasteiger partial charge in [-0.25, -0.2) is 9.78 Å². The van der Waals surface area contributed by atoms with E-state index in [9.17, 15) is 19.2 Å².